The number of benzene rings is 1. The van der Waals surface area contributed by atoms with Crippen LogP contribution in [0.15, 0.2) is 22.7 Å². The lowest BCUT2D eigenvalue weighted by molar-refractivity contribution is 0.559. The van der Waals surface area contributed by atoms with E-state index in [9.17, 15) is 8.78 Å². The number of nitrogens with two attached hydrogens (primary N) is 1. The van der Waals surface area contributed by atoms with Crippen molar-refractivity contribution in [3.63, 3.8) is 0 Å². The number of rotatable bonds is 2. The molecule has 0 radical (unpaired) electrons. The molecule has 0 saturated carbocycles. The Morgan fingerprint density at radius 3 is 2.57 bits per heavy atom. The van der Waals surface area contributed by atoms with Crippen molar-refractivity contribution in [1.29, 1.82) is 0 Å². The molecule has 108 valence electrons. The predicted molar refractivity (Wildman–Crippen MR) is 77.1 cm³/mol. The predicted octanol–water partition coefficient (Wildman–Crippen LogP) is 2.99. The van der Waals surface area contributed by atoms with Gasteiger partial charge in [-0.2, -0.15) is 9.50 Å². The topological polar surface area (TPSA) is 69.1 Å². The second kappa shape index (κ2) is 5.19. The summed E-state index contributed by atoms with van der Waals surface area (Å²) >= 11 is 9.09. The molecule has 0 unspecified atom stereocenters. The second-order valence-electron chi connectivity index (χ2n) is 4.22. The monoisotopic (exact) mass is 373 g/mol. The van der Waals surface area contributed by atoms with Crippen molar-refractivity contribution in [2.24, 2.45) is 0 Å². The quantitative estimate of drug-likeness (QED) is 0.700. The van der Waals surface area contributed by atoms with Gasteiger partial charge in [-0.25, -0.2) is 13.8 Å². The molecule has 2 aromatic heterocycles. The third-order valence-corrected chi connectivity index (χ3v) is 4.09. The van der Waals surface area contributed by atoms with E-state index in [-0.39, 0.29) is 28.9 Å². The molecular formula is C12H7BrClF2N5. The zero-order valence-electron chi connectivity index (χ0n) is 10.3. The number of fused-ring (bicyclic) bond motifs is 1. The van der Waals surface area contributed by atoms with Gasteiger partial charge in [-0.1, -0.05) is 17.7 Å². The molecule has 0 bridgehead atoms. The summed E-state index contributed by atoms with van der Waals surface area (Å²) in [6.45, 7) is 0. The van der Waals surface area contributed by atoms with Crippen LogP contribution < -0.4 is 5.73 Å². The van der Waals surface area contributed by atoms with Crippen molar-refractivity contribution >= 4 is 39.1 Å². The lowest BCUT2D eigenvalue weighted by atomic mass is 10.1. The van der Waals surface area contributed by atoms with E-state index in [1.807, 2.05) is 0 Å². The second-order valence-corrected chi connectivity index (χ2v) is 5.37. The lowest BCUT2D eigenvalue weighted by Gasteiger charge is -2.01. The number of halogens is 4. The Morgan fingerprint density at radius 1 is 1.24 bits per heavy atom. The molecule has 1 aromatic carbocycles. The summed E-state index contributed by atoms with van der Waals surface area (Å²) in [5, 5.41) is 4.22. The Bertz CT molecular complexity index is 831. The fraction of sp³-hybridized carbons (Fsp3) is 0.0833. The van der Waals surface area contributed by atoms with Crippen molar-refractivity contribution in [3.05, 3.63) is 50.8 Å². The van der Waals surface area contributed by atoms with Gasteiger partial charge in [-0.15, -0.1) is 5.10 Å². The van der Waals surface area contributed by atoms with Crippen LogP contribution in [-0.2, 0) is 6.42 Å². The maximum atomic E-state index is 13.6. The number of hydrogen-bond acceptors (Lipinski definition) is 4. The summed E-state index contributed by atoms with van der Waals surface area (Å²) in [5.74, 6) is -1.07. The van der Waals surface area contributed by atoms with Crippen LogP contribution in [0.2, 0.25) is 5.15 Å². The number of nitrogen functional groups attached to an aromatic ring is 1. The van der Waals surface area contributed by atoms with E-state index in [2.05, 4.69) is 31.0 Å². The first kappa shape index (κ1) is 14.2. The fourth-order valence-electron chi connectivity index (χ4n) is 1.88. The maximum Gasteiger partial charge on any atom is 0.224 e. The Morgan fingerprint density at radius 2 is 1.90 bits per heavy atom. The van der Waals surface area contributed by atoms with Crippen LogP contribution in [0.25, 0.3) is 5.65 Å². The zero-order valence-corrected chi connectivity index (χ0v) is 12.7. The highest BCUT2D eigenvalue weighted by Gasteiger charge is 2.17. The summed E-state index contributed by atoms with van der Waals surface area (Å²) in [6, 6.07) is 3.65. The smallest absolute Gasteiger partial charge is 0.224 e. The third kappa shape index (κ3) is 2.44. The van der Waals surface area contributed by atoms with Crippen LogP contribution in [0, 0.1) is 11.6 Å². The highest BCUT2D eigenvalue weighted by molar-refractivity contribution is 9.10. The summed E-state index contributed by atoms with van der Waals surface area (Å²) in [5.41, 5.74) is 5.91. The fourth-order valence-corrected chi connectivity index (χ4v) is 2.40. The molecule has 0 atom stereocenters. The summed E-state index contributed by atoms with van der Waals surface area (Å²) in [6.07, 6.45) is -0.107. The van der Waals surface area contributed by atoms with Gasteiger partial charge in [-0.3, -0.25) is 0 Å². The Balaban J connectivity index is 2.10. The van der Waals surface area contributed by atoms with E-state index in [0.29, 0.717) is 10.1 Å². The third-order valence-electron chi connectivity index (χ3n) is 2.85. The van der Waals surface area contributed by atoms with E-state index in [1.165, 1.54) is 22.7 Å². The van der Waals surface area contributed by atoms with E-state index in [1.54, 1.807) is 0 Å². The number of nitrogens with zero attached hydrogens (tertiary/aromatic N) is 4. The van der Waals surface area contributed by atoms with Gasteiger partial charge in [0.1, 0.15) is 11.6 Å². The number of anilines is 1. The van der Waals surface area contributed by atoms with Gasteiger partial charge in [-0.05, 0) is 28.1 Å². The standard InChI is InChI=1S/C12H7BrClF2N5/c13-9-10(14)19-12(17)21-11(9)18-8(20-21)4-5-6(15)2-1-3-7(5)16/h1-3H,4H2,(H2,17,19). The Kier molecular flexibility index (Phi) is 3.50. The average molecular weight is 375 g/mol. The lowest BCUT2D eigenvalue weighted by Crippen LogP contribution is -2.03. The Hall–Kier alpha value is -1.80. The summed E-state index contributed by atoms with van der Waals surface area (Å²) in [4.78, 5) is 8.04. The zero-order chi connectivity index (χ0) is 15.1. The minimum Gasteiger partial charge on any atom is -0.368 e. The molecule has 0 saturated heterocycles. The van der Waals surface area contributed by atoms with Crippen LogP contribution >= 0.6 is 27.5 Å². The van der Waals surface area contributed by atoms with Crippen LogP contribution in [0.5, 0.6) is 0 Å². The Labute approximate surface area is 130 Å². The van der Waals surface area contributed by atoms with Crippen molar-refractivity contribution in [2.75, 3.05) is 5.73 Å². The largest absolute Gasteiger partial charge is 0.368 e. The molecule has 3 rings (SSSR count). The minimum atomic E-state index is -0.656. The number of hydrogen-bond donors (Lipinski definition) is 1. The highest BCUT2D eigenvalue weighted by Crippen LogP contribution is 2.26. The molecule has 0 aliphatic carbocycles. The summed E-state index contributed by atoms with van der Waals surface area (Å²) in [7, 11) is 0. The maximum absolute atomic E-state index is 13.6. The molecule has 0 spiro atoms. The van der Waals surface area contributed by atoms with Gasteiger partial charge in [0.05, 0.1) is 4.47 Å². The van der Waals surface area contributed by atoms with Crippen molar-refractivity contribution < 1.29 is 8.78 Å². The first-order valence-corrected chi connectivity index (χ1v) is 6.93. The van der Waals surface area contributed by atoms with Gasteiger partial charge in [0, 0.05) is 12.0 Å². The van der Waals surface area contributed by atoms with Gasteiger partial charge >= 0.3 is 0 Å². The van der Waals surface area contributed by atoms with Gasteiger partial charge in [0.15, 0.2) is 16.6 Å². The highest BCUT2D eigenvalue weighted by atomic mass is 79.9. The molecule has 2 heterocycles. The van der Waals surface area contributed by atoms with Crippen molar-refractivity contribution in [2.45, 2.75) is 6.42 Å². The molecule has 0 fully saturated rings. The molecule has 2 N–H and O–H groups in total. The van der Waals surface area contributed by atoms with Gasteiger partial charge < -0.3 is 5.73 Å². The van der Waals surface area contributed by atoms with Crippen LogP contribution in [0.3, 0.4) is 0 Å². The molecule has 9 heteroatoms. The molecule has 21 heavy (non-hydrogen) atoms. The van der Waals surface area contributed by atoms with E-state index in [0.717, 1.165) is 0 Å². The molecule has 3 aromatic rings. The molecular weight excluding hydrogens is 368 g/mol. The van der Waals surface area contributed by atoms with Crippen molar-refractivity contribution in [3.8, 4) is 0 Å². The minimum absolute atomic E-state index is 0.0333. The molecule has 0 aliphatic heterocycles. The first-order chi connectivity index (χ1) is 9.97. The number of aromatic nitrogens is 4. The normalized spacial score (nSPS) is 11.2. The molecule has 5 nitrogen and oxygen atoms in total. The summed E-state index contributed by atoms with van der Waals surface area (Å²) < 4.78 is 29.0. The van der Waals surface area contributed by atoms with Gasteiger partial charge in [0.2, 0.25) is 5.95 Å². The van der Waals surface area contributed by atoms with Crippen molar-refractivity contribution in [1.82, 2.24) is 19.6 Å². The SMILES string of the molecule is Nc1nc(Cl)c(Br)c2nc(Cc3c(F)cccc3F)nn12. The van der Waals surface area contributed by atoms with E-state index in [4.69, 9.17) is 17.3 Å². The molecule has 0 aliphatic rings. The average Bonchev–Trinajstić information content (AvgIpc) is 2.85. The first-order valence-electron chi connectivity index (χ1n) is 5.76. The van der Waals surface area contributed by atoms with E-state index < -0.39 is 11.6 Å². The van der Waals surface area contributed by atoms with Gasteiger partial charge in [0.25, 0.3) is 0 Å². The molecule has 0 amide bonds. The van der Waals surface area contributed by atoms with E-state index >= 15 is 0 Å². The van der Waals surface area contributed by atoms with Crippen LogP contribution in [0.1, 0.15) is 11.4 Å². The van der Waals surface area contributed by atoms with Crippen LogP contribution in [-0.4, -0.2) is 19.6 Å². The van der Waals surface area contributed by atoms with Crippen LogP contribution in [0.4, 0.5) is 14.7 Å².